The van der Waals surface area contributed by atoms with Gasteiger partial charge in [0.2, 0.25) is 0 Å². The van der Waals surface area contributed by atoms with E-state index in [1.807, 2.05) is 24.3 Å². The van der Waals surface area contributed by atoms with E-state index in [4.69, 9.17) is 4.74 Å². The summed E-state index contributed by atoms with van der Waals surface area (Å²) in [7, 11) is 0. The molecule has 0 spiro atoms. The number of morpholine rings is 1. The number of carbonyl (C=O) groups is 1. The maximum Gasteiger partial charge on any atom is 0.416 e. The third kappa shape index (κ3) is 7.15. The molecule has 3 aromatic rings. The van der Waals surface area contributed by atoms with Crippen LogP contribution in [-0.4, -0.2) is 55.2 Å². The summed E-state index contributed by atoms with van der Waals surface area (Å²) in [6.45, 7) is 2.76. The zero-order valence-electron chi connectivity index (χ0n) is 22.7. The van der Waals surface area contributed by atoms with Crippen molar-refractivity contribution in [1.82, 2.24) is 9.80 Å². The minimum Gasteiger partial charge on any atom is -0.378 e. The van der Waals surface area contributed by atoms with Crippen LogP contribution in [0.2, 0.25) is 0 Å². The number of piperidine rings is 1. The fourth-order valence-electron chi connectivity index (χ4n) is 5.48. The molecule has 10 heteroatoms. The van der Waals surface area contributed by atoms with Gasteiger partial charge in [0, 0.05) is 32.1 Å². The van der Waals surface area contributed by atoms with E-state index in [0.29, 0.717) is 56.9 Å². The van der Waals surface area contributed by atoms with Crippen LogP contribution in [0.4, 0.5) is 31.1 Å². The van der Waals surface area contributed by atoms with Crippen molar-refractivity contribution in [3.05, 3.63) is 101 Å². The number of likely N-dealkylation sites (tertiary alicyclic amines) is 1. The fourth-order valence-corrected chi connectivity index (χ4v) is 5.48. The van der Waals surface area contributed by atoms with E-state index in [0.717, 1.165) is 35.4 Å². The van der Waals surface area contributed by atoms with Crippen molar-refractivity contribution in [2.45, 2.75) is 24.7 Å². The van der Waals surface area contributed by atoms with E-state index in [9.17, 15) is 31.1 Å². The SMILES string of the molecule is O=C(N1CCOCC1)N1CC(C=Cc2ccc(-c3cccc(C(F)(F)F)c3)cc2)CC(c2ccc(C(F)(F)F)cc2)C1. The smallest absolute Gasteiger partial charge is 0.378 e. The first-order valence-electron chi connectivity index (χ1n) is 13.7. The average molecular weight is 589 g/mol. The summed E-state index contributed by atoms with van der Waals surface area (Å²) in [5, 5.41) is 0. The largest absolute Gasteiger partial charge is 0.416 e. The van der Waals surface area contributed by atoms with Crippen molar-refractivity contribution >= 4 is 12.1 Å². The van der Waals surface area contributed by atoms with Crippen molar-refractivity contribution < 1.29 is 35.9 Å². The van der Waals surface area contributed by atoms with Crippen LogP contribution in [0.3, 0.4) is 0 Å². The normalized spacial score (nSPS) is 20.2. The van der Waals surface area contributed by atoms with E-state index >= 15 is 0 Å². The van der Waals surface area contributed by atoms with Gasteiger partial charge in [-0.3, -0.25) is 0 Å². The van der Waals surface area contributed by atoms with Crippen LogP contribution in [-0.2, 0) is 17.1 Å². The van der Waals surface area contributed by atoms with Gasteiger partial charge in [-0.2, -0.15) is 26.3 Å². The summed E-state index contributed by atoms with van der Waals surface area (Å²) >= 11 is 0. The van der Waals surface area contributed by atoms with Crippen LogP contribution >= 0.6 is 0 Å². The first-order chi connectivity index (χ1) is 20.0. The molecule has 2 saturated heterocycles. The Kier molecular flexibility index (Phi) is 8.63. The molecule has 0 N–H and O–H groups in total. The second kappa shape index (κ2) is 12.2. The molecule has 2 unspecified atom stereocenters. The van der Waals surface area contributed by atoms with Gasteiger partial charge in [0.05, 0.1) is 24.3 Å². The average Bonchev–Trinajstić information content (AvgIpc) is 2.99. The molecule has 2 fully saturated rings. The quantitative estimate of drug-likeness (QED) is 0.290. The molecule has 0 aromatic heterocycles. The maximum absolute atomic E-state index is 13.3. The lowest BCUT2D eigenvalue weighted by Gasteiger charge is -2.40. The third-order valence-electron chi connectivity index (χ3n) is 7.74. The molecule has 2 aliphatic rings. The van der Waals surface area contributed by atoms with Crippen LogP contribution in [0.5, 0.6) is 0 Å². The number of amides is 2. The summed E-state index contributed by atoms with van der Waals surface area (Å²) in [5.74, 6) is -0.205. The second-order valence-corrected chi connectivity index (χ2v) is 10.7. The molecule has 0 aliphatic carbocycles. The highest BCUT2D eigenvalue weighted by Crippen LogP contribution is 2.35. The topological polar surface area (TPSA) is 32.8 Å². The number of rotatable bonds is 4. The number of alkyl halides is 6. The Bertz CT molecular complexity index is 1390. The van der Waals surface area contributed by atoms with Gasteiger partial charge in [0.25, 0.3) is 0 Å². The van der Waals surface area contributed by atoms with Crippen molar-refractivity contribution in [2.24, 2.45) is 5.92 Å². The number of carbonyl (C=O) groups excluding carboxylic acids is 1. The van der Waals surface area contributed by atoms with E-state index < -0.39 is 23.5 Å². The van der Waals surface area contributed by atoms with Gasteiger partial charge in [-0.1, -0.05) is 60.7 Å². The van der Waals surface area contributed by atoms with E-state index in [1.54, 1.807) is 28.0 Å². The van der Waals surface area contributed by atoms with Crippen molar-refractivity contribution in [3.8, 4) is 11.1 Å². The zero-order valence-corrected chi connectivity index (χ0v) is 22.7. The Hall–Kier alpha value is -3.79. The minimum atomic E-state index is -4.43. The second-order valence-electron chi connectivity index (χ2n) is 10.7. The van der Waals surface area contributed by atoms with Crippen LogP contribution in [0.1, 0.15) is 34.6 Å². The number of ether oxygens (including phenoxy) is 1. The molecule has 2 heterocycles. The first-order valence-corrected chi connectivity index (χ1v) is 13.7. The summed E-state index contributed by atoms with van der Waals surface area (Å²) in [4.78, 5) is 16.9. The maximum atomic E-state index is 13.3. The van der Waals surface area contributed by atoms with Crippen LogP contribution in [0.25, 0.3) is 17.2 Å². The number of benzene rings is 3. The first kappa shape index (κ1) is 29.7. The van der Waals surface area contributed by atoms with Crippen molar-refractivity contribution in [1.29, 1.82) is 0 Å². The standard InChI is InChI=1S/C32H30F6N2O2/c33-31(34,35)28-12-10-25(11-13-28)27-18-23(20-40(21-27)30(41)39-14-16-42-17-15-39)5-4-22-6-8-24(9-7-22)26-2-1-3-29(19-26)32(36,37)38/h1-13,19,23,27H,14-18,20-21H2. The van der Waals surface area contributed by atoms with Gasteiger partial charge < -0.3 is 14.5 Å². The summed E-state index contributed by atoms with van der Waals surface area (Å²) in [6.07, 6.45) is -4.29. The van der Waals surface area contributed by atoms with E-state index in [2.05, 4.69) is 0 Å². The lowest BCUT2D eigenvalue weighted by atomic mass is 9.84. The fraction of sp³-hybridized carbons (Fsp3) is 0.344. The van der Waals surface area contributed by atoms with E-state index in [-0.39, 0.29) is 17.9 Å². The van der Waals surface area contributed by atoms with Crippen LogP contribution < -0.4 is 0 Å². The van der Waals surface area contributed by atoms with Gasteiger partial charge in [-0.25, -0.2) is 4.79 Å². The highest BCUT2D eigenvalue weighted by atomic mass is 19.4. The number of hydrogen-bond acceptors (Lipinski definition) is 2. The highest BCUT2D eigenvalue weighted by Gasteiger charge is 2.34. The molecule has 2 aliphatic heterocycles. The Balaban J connectivity index is 1.33. The molecule has 4 nitrogen and oxygen atoms in total. The molecule has 3 aromatic carbocycles. The number of halogens is 6. The predicted molar refractivity (Wildman–Crippen MR) is 148 cm³/mol. The number of urea groups is 1. The monoisotopic (exact) mass is 588 g/mol. The van der Waals surface area contributed by atoms with Gasteiger partial charge in [-0.05, 0) is 58.9 Å². The lowest BCUT2D eigenvalue weighted by molar-refractivity contribution is -0.138. The van der Waals surface area contributed by atoms with Crippen molar-refractivity contribution in [2.75, 3.05) is 39.4 Å². The zero-order chi connectivity index (χ0) is 29.9. The van der Waals surface area contributed by atoms with E-state index in [1.165, 1.54) is 18.2 Å². The third-order valence-corrected chi connectivity index (χ3v) is 7.74. The van der Waals surface area contributed by atoms with Gasteiger partial charge in [0.15, 0.2) is 0 Å². The molecule has 0 saturated carbocycles. The Labute approximate surface area is 240 Å². The van der Waals surface area contributed by atoms with Gasteiger partial charge in [-0.15, -0.1) is 0 Å². The molecule has 222 valence electrons. The van der Waals surface area contributed by atoms with Gasteiger partial charge >= 0.3 is 18.4 Å². The lowest BCUT2D eigenvalue weighted by Crippen LogP contribution is -2.52. The molecule has 5 rings (SSSR count). The van der Waals surface area contributed by atoms with Crippen LogP contribution in [0, 0.1) is 5.92 Å². The summed E-state index contributed by atoms with van der Waals surface area (Å²) in [6, 6.07) is 17.3. The van der Waals surface area contributed by atoms with Gasteiger partial charge in [0.1, 0.15) is 0 Å². The minimum absolute atomic E-state index is 0.0563. The Morgan fingerprint density at radius 3 is 2.07 bits per heavy atom. The molecule has 0 bridgehead atoms. The molecule has 2 atom stereocenters. The Morgan fingerprint density at radius 2 is 1.43 bits per heavy atom. The summed E-state index contributed by atoms with van der Waals surface area (Å²) in [5.41, 5.74) is 1.28. The molecule has 42 heavy (non-hydrogen) atoms. The molecular weight excluding hydrogens is 558 g/mol. The molecule has 0 radical (unpaired) electrons. The molecular formula is C32H30F6N2O2. The van der Waals surface area contributed by atoms with Crippen LogP contribution in [0.15, 0.2) is 78.9 Å². The van der Waals surface area contributed by atoms with Crippen molar-refractivity contribution in [3.63, 3.8) is 0 Å². The highest BCUT2D eigenvalue weighted by molar-refractivity contribution is 5.75. The number of hydrogen-bond donors (Lipinski definition) is 0. The predicted octanol–water partition coefficient (Wildman–Crippen LogP) is 7.96. The molecule has 2 amide bonds. The summed E-state index contributed by atoms with van der Waals surface area (Å²) < 4.78 is 84.1. The number of nitrogens with zero attached hydrogens (tertiary/aromatic N) is 2. The Morgan fingerprint density at radius 1 is 0.762 bits per heavy atom.